The molecule has 0 N–H and O–H groups in total. The summed E-state index contributed by atoms with van der Waals surface area (Å²) in [5, 5.41) is 4.40. The van der Waals surface area contributed by atoms with E-state index in [0.29, 0.717) is 17.7 Å². The maximum Gasteiger partial charge on any atom is 0.242 e. The van der Waals surface area contributed by atoms with Crippen LogP contribution in [0.5, 0.6) is 0 Å². The molecule has 21 heavy (non-hydrogen) atoms. The second-order valence-corrected chi connectivity index (χ2v) is 5.16. The van der Waals surface area contributed by atoms with Gasteiger partial charge < -0.3 is 0 Å². The van der Waals surface area contributed by atoms with Crippen molar-refractivity contribution < 1.29 is 11.5 Å². The van der Waals surface area contributed by atoms with Crippen molar-refractivity contribution in [3.05, 3.63) is 48.6 Å². The molecular formula is C15H12F2N4. The van der Waals surface area contributed by atoms with Gasteiger partial charge >= 0.3 is 0 Å². The fourth-order valence-electron chi connectivity index (χ4n) is 2.69. The predicted molar refractivity (Wildman–Crippen MR) is 73.1 cm³/mol. The largest absolute Gasteiger partial charge is 0.244 e. The minimum atomic E-state index is -2.33. The Hall–Kier alpha value is -2.37. The molecule has 0 bridgehead atoms. The summed E-state index contributed by atoms with van der Waals surface area (Å²) in [4.78, 5) is 7.49. The van der Waals surface area contributed by atoms with Gasteiger partial charge in [0, 0.05) is 30.0 Å². The van der Waals surface area contributed by atoms with E-state index in [1.807, 2.05) is 6.07 Å². The monoisotopic (exact) mass is 288 g/mol. The fourth-order valence-corrected chi connectivity index (χ4v) is 2.69. The molecule has 0 unspecified atom stereocenters. The fraction of sp³-hybridized carbons (Fsp3) is 0.267. The van der Waals surface area contributed by atoms with E-state index in [1.54, 1.807) is 22.8 Å². The number of alkyl halides is 2. The van der Waals surface area contributed by atoms with E-state index in [1.165, 1.54) is 6.20 Å². The minimum absolute atomic E-state index is 0.101. The highest BCUT2D eigenvalue weighted by molar-refractivity contribution is 5.65. The SMILES string of the molecule is [2H]c1ncc(-c2cc([C@H]3C[C@@H]3C(F)F)c3cccn3n2)c([2H])n1. The topological polar surface area (TPSA) is 43.1 Å². The van der Waals surface area contributed by atoms with Crippen LogP contribution in [-0.4, -0.2) is 26.0 Å². The summed E-state index contributed by atoms with van der Waals surface area (Å²) in [6.07, 6.45) is 0.904. The van der Waals surface area contributed by atoms with Crippen LogP contribution in [0.2, 0.25) is 0 Å². The zero-order chi connectivity index (χ0) is 16.1. The first kappa shape index (κ1) is 10.4. The first-order valence-corrected chi connectivity index (χ1v) is 6.61. The Bertz CT molecular complexity index is 896. The molecule has 0 saturated heterocycles. The molecule has 1 fully saturated rings. The van der Waals surface area contributed by atoms with Gasteiger partial charge in [0.25, 0.3) is 0 Å². The van der Waals surface area contributed by atoms with Gasteiger partial charge in [-0.3, -0.25) is 0 Å². The van der Waals surface area contributed by atoms with Crippen molar-refractivity contribution in [2.45, 2.75) is 18.8 Å². The van der Waals surface area contributed by atoms with Gasteiger partial charge in [-0.05, 0) is 36.1 Å². The molecule has 0 spiro atoms. The van der Waals surface area contributed by atoms with E-state index >= 15 is 0 Å². The lowest BCUT2D eigenvalue weighted by molar-refractivity contribution is 0.120. The van der Waals surface area contributed by atoms with Gasteiger partial charge in [-0.2, -0.15) is 5.10 Å². The molecule has 0 aliphatic heterocycles. The molecule has 1 aliphatic rings. The molecular weight excluding hydrogens is 274 g/mol. The van der Waals surface area contributed by atoms with E-state index in [2.05, 4.69) is 15.1 Å². The van der Waals surface area contributed by atoms with Crippen molar-refractivity contribution in [3.8, 4) is 11.3 Å². The van der Waals surface area contributed by atoms with Crippen molar-refractivity contribution in [1.82, 2.24) is 19.6 Å². The van der Waals surface area contributed by atoms with E-state index in [4.69, 9.17) is 2.74 Å². The highest BCUT2D eigenvalue weighted by Gasteiger charge is 2.46. The Balaban J connectivity index is 1.85. The Kier molecular flexibility index (Phi) is 2.26. The molecule has 1 aliphatic carbocycles. The lowest BCUT2D eigenvalue weighted by Crippen LogP contribution is -2.01. The van der Waals surface area contributed by atoms with Gasteiger partial charge in [-0.15, -0.1) is 0 Å². The Morgan fingerprint density at radius 2 is 2.29 bits per heavy atom. The standard InChI is InChI=1S/C15H12F2N4/c16-15(17)12-4-10(12)11-5-13(9-6-18-8-19-7-9)20-21-3-1-2-14(11)21/h1-3,5-8,10,12,15H,4H2/t10-,12+/m1/s1/i6D,8D. The van der Waals surface area contributed by atoms with E-state index in [0.717, 1.165) is 11.1 Å². The van der Waals surface area contributed by atoms with E-state index < -0.39 is 12.3 Å². The molecule has 0 aromatic carbocycles. The average Bonchev–Trinajstić information content (AvgIpc) is 3.16. The normalized spacial score (nSPS) is 22.4. The number of aromatic nitrogens is 4. The quantitative estimate of drug-likeness (QED) is 0.743. The third-order valence-electron chi connectivity index (χ3n) is 3.85. The van der Waals surface area contributed by atoms with Crippen molar-refractivity contribution in [3.63, 3.8) is 0 Å². The second kappa shape index (κ2) is 4.58. The van der Waals surface area contributed by atoms with E-state index in [-0.39, 0.29) is 18.4 Å². The summed E-state index contributed by atoms with van der Waals surface area (Å²) < 4.78 is 42.7. The summed E-state index contributed by atoms with van der Waals surface area (Å²) in [6.45, 7) is 0. The highest BCUT2D eigenvalue weighted by Crippen LogP contribution is 2.52. The van der Waals surface area contributed by atoms with E-state index in [9.17, 15) is 8.78 Å². The van der Waals surface area contributed by atoms with Crippen LogP contribution in [0.4, 0.5) is 8.78 Å². The van der Waals surface area contributed by atoms with Crippen molar-refractivity contribution in [2.75, 3.05) is 0 Å². The van der Waals surface area contributed by atoms with Crippen LogP contribution in [0.25, 0.3) is 16.8 Å². The van der Waals surface area contributed by atoms with Gasteiger partial charge in [-0.1, -0.05) is 0 Å². The lowest BCUT2D eigenvalue weighted by atomic mass is 10.1. The molecule has 6 heteroatoms. The summed E-state index contributed by atoms with van der Waals surface area (Å²) in [5.41, 5.74) is 2.44. The Morgan fingerprint density at radius 3 is 3.05 bits per heavy atom. The second-order valence-electron chi connectivity index (χ2n) is 5.16. The summed E-state index contributed by atoms with van der Waals surface area (Å²) in [5.74, 6) is -0.814. The first-order valence-electron chi connectivity index (χ1n) is 7.61. The van der Waals surface area contributed by atoms with Crippen LogP contribution in [0, 0.1) is 5.92 Å². The molecule has 106 valence electrons. The number of rotatable bonds is 3. The maximum absolute atomic E-state index is 12.9. The molecule has 4 rings (SSSR count). The molecule has 3 aromatic rings. The average molecular weight is 288 g/mol. The van der Waals surface area contributed by atoms with Gasteiger partial charge in [0.05, 0.1) is 12.6 Å². The predicted octanol–water partition coefficient (Wildman–Crippen LogP) is 3.16. The van der Waals surface area contributed by atoms with Gasteiger partial charge in [0.1, 0.15) is 7.67 Å². The molecule has 3 heterocycles. The minimum Gasteiger partial charge on any atom is -0.244 e. The Morgan fingerprint density at radius 1 is 1.38 bits per heavy atom. The zero-order valence-corrected chi connectivity index (χ0v) is 10.9. The summed E-state index contributed by atoms with van der Waals surface area (Å²) in [6, 6.07) is 5.39. The van der Waals surface area contributed by atoms with Crippen LogP contribution in [-0.2, 0) is 0 Å². The Labute approximate surface area is 122 Å². The highest BCUT2D eigenvalue weighted by atomic mass is 19.3. The van der Waals surface area contributed by atoms with Crippen LogP contribution in [0.15, 0.2) is 43.1 Å². The molecule has 0 radical (unpaired) electrons. The maximum atomic E-state index is 12.9. The lowest BCUT2D eigenvalue weighted by Gasteiger charge is -2.08. The first-order chi connectivity index (χ1) is 11.0. The van der Waals surface area contributed by atoms with Crippen LogP contribution in [0.3, 0.4) is 0 Å². The summed E-state index contributed by atoms with van der Waals surface area (Å²) >= 11 is 0. The molecule has 2 atom stereocenters. The van der Waals surface area contributed by atoms with Gasteiger partial charge in [0.2, 0.25) is 6.43 Å². The molecule has 0 amide bonds. The zero-order valence-electron chi connectivity index (χ0n) is 12.9. The number of nitrogens with zero attached hydrogens (tertiary/aromatic N) is 4. The number of hydrogen-bond donors (Lipinski definition) is 0. The van der Waals surface area contributed by atoms with Gasteiger partial charge in [0.15, 0.2) is 0 Å². The smallest absolute Gasteiger partial charge is 0.242 e. The van der Waals surface area contributed by atoms with Gasteiger partial charge in [-0.25, -0.2) is 23.3 Å². The van der Waals surface area contributed by atoms with Crippen molar-refractivity contribution in [1.29, 1.82) is 0 Å². The van der Waals surface area contributed by atoms with Crippen LogP contribution in [0.1, 0.15) is 20.6 Å². The number of halogens is 2. The third-order valence-corrected chi connectivity index (χ3v) is 3.85. The number of hydrogen-bond acceptors (Lipinski definition) is 3. The van der Waals surface area contributed by atoms with Crippen molar-refractivity contribution >= 4 is 5.52 Å². The summed E-state index contributed by atoms with van der Waals surface area (Å²) in [7, 11) is 0. The molecule has 3 aromatic heterocycles. The van der Waals surface area contributed by atoms with Crippen LogP contribution >= 0.6 is 0 Å². The van der Waals surface area contributed by atoms with Crippen LogP contribution < -0.4 is 0 Å². The third kappa shape index (κ3) is 2.07. The molecule has 4 nitrogen and oxygen atoms in total. The number of fused-ring (bicyclic) bond motifs is 1. The van der Waals surface area contributed by atoms with Crippen molar-refractivity contribution in [2.24, 2.45) is 5.92 Å². The molecule has 1 saturated carbocycles.